The molecule has 0 aliphatic heterocycles. The fourth-order valence-corrected chi connectivity index (χ4v) is 7.14. The molecule has 0 aromatic carbocycles. The molecule has 0 aliphatic rings. The van der Waals surface area contributed by atoms with E-state index in [0.717, 1.165) is 116 Å². The molecule has 10 heteroatoms. The number of ether oxygens (including phenoxy) is 2. The van der Waals surface area contributed by atoms with Crippen molar-refractivity contribution in [3.8, 4) is 0 Å². The first-order valence-corrected chi connectivity index (χ1v) is 27.0. The van der Waals surface area contributed by atoms with Gasteiger partial charge in [-0.05, 0) is 103 Å². The van der Waals surface area contributed by atoms with Gasteiger partial charge in [-0.3, -0.25) is 13.8 Å². The molecule has 0 bridgehead atoms. The van der Waals surface area contributed by atoms with Gasteiger partial charge in [0, 0.05) is 13.0 Å². The number of aliphatic hydroxyl groups excluding tert-OH is 2. The summed E-state index contributed by atoms with van der Waals surface area (Å²) in [6, 6.07) is 0. The molecule has 0 aromatic rings. The van der Waals surface area contributed by atoms with Gasteiger partial charge in [0.05, 0.1) is 26.4 Å². The maximum absolute atomic E-state index is 12.7. The summed E-state index contributed by atoms with van der Waals surface area (Å²) in [7, 11) is -4.54. The lowest BCUT2D eigenvalue weighted by atomic mass is 10.1. The molecule has 0 saturated heterocycles. The van der Waals surface area contributed by atoms with Crippen LogP contribution in [0.2, 0.25) is 0 Å². The third kappa shape index (κ3) is 50.3. The normalized spacial score (nSPS) is 14.8. The second-order valence-corrected chi connectivity index (χ2v) is 17.9. The Bertz CT molecular complexity index is 1440. The average Bonchev–Trinajstić information content (AvgIpc) is 3.31. The van der Waals surface area contributed by atoms with Gasteiger partial charge in [-0.2, -0.15) is 0 Å². The van der Waals surface area contributed by atoms with Gasteiger partial charge in [-0.25, -0.2) is 4.57 Å². The average molecular weight is 941 g/mol. The van der Waals surface area contributed by atoms with E-state index >= 15 is 0 Å². The van der Waals surface area contributed by atoms with E-state index in [4.69, 9.17) is 23.6 Å². The number of aliphatic hydroxyl groups is 2. The monoisotopic (exact) mass is 941 g/mol. The largest absolute Gasteiger partial charge is 0.472 e. The predicted octanol–water partition coefficient (Wildman–Crippen LogP) is 15.1. The first-order chi connectivity index (χ1) is 32.3. The molecule has 0 aliphatic carbocycles. The van der Waals surface area contributed by atoms with Gasteiger partial charge >= 0.3 is 13.8 Å². The van der Waals surface area contributed by atoms with Crippen LogP contribution in [0.15, 0.2) is 122 Å². The van der Waals surface area contributed by atoms with Gasteiger partial charge in [0.15, 0.2) is 0 Å². The smallest absolute Gasteiger partial charge is 0.457 e. The summed E-state index contributed by atoms with van der Waals surface area (Å²) in [5, 5.41) is 18.4. The number of unbranched alkanes of at least 4 members (excludes halogenated alkanes) is 13. The Labute approximate surface area is 402 Å². The lowest BCUT2D eigenvalue weighted by Gasteiger charge is -2.20. The molecule has 0 saturated carbocycles. The zero-order valence-electron chi connectivity index (χ0n) is 41.4. The fourth-order valence-electron chi connectivity index (χ4n) is 6.35. The molecule has 0 fully saturated rings. The Balaban J connectivity index is 4.19. The van der Waals surface area contributed by atoms with Crippen molar-refractivity contribution < 1.29 is 43.0 Å². The minimum Gasteiger partial charge on any atom is -0.457 e. The maximum Gasteiger partial charge on any atom is 0.472 e. The molecule has 9 nitrogen and oxygen atoms in total. The van der Waals surface area contributed by atoms with E-state index in [2.05, 4.69) is 135 Å². The summed E-state index contributed by atoms with van der Waals surface area (Å²) in [4.78, 5) is 22.7. The molecule has 0 aromatic heterocycles. The highest BCUT2D eigenvalue weighted by Crippen LogP contribution is 2.43. The van der Waals surface area contributed by atoms with Gasteiger partial charge in [-0.15, -0.1) is 0 Å². The van der Waals surface area contributed by atoms with E-state index in [1.807, 2.05) is 0 Å². The van der Waals surface area contributed by atoms with Crippen LogP contribution in [0.3, 0.4) is 0 Å². The van der Waals surface area contributed by atoms with Crippen LogP contribution in [0, 0.1) is 0 Å². The molecule has 3 N–H and O–H groups in total. The highest BCUT2D eigenvalue weighted by atomic mass is 31.2. The Morgan fingerprint density at radius 3 is 1.23 bits per heavy atom. The van der Waals surface area contributed by atoms with Gasteiger partial charge < -0.3 is 24.6 Å². The number of carbonyl (C=O) groups is 1. The zero-order valence-corrected chi connectivity index (χ0v) is 42.3. The zero-order chi connectivity index (χ0) is 48.1. The Kier molecular flexibility index (Phi) is 48.8. The first-order valence-electron chi connectivity index (χ1n) is 25.5. The Morgan fingerprint density at radius 1 is 0.470 bits per heavy atom. The molecule has 3 unspecified atom stereocenters. The number of esters is 1. The van der Waals surface area contributed by atoms with Gasteiger partial charge in [0.1, 0.15) is 12.2 Å². The molecule has 3 atom stereocenters. The lowest BCUT2D eigenvalue weighted by Crippen LogP contribution is -2.29. The van der Waals surface area contributed by atoms with Crippen molar-refractivity contribution in [1.82, 2.24) is 0 Å². The van der Waals surface area contributed by atoms with Gasteiger partial charge in [0.2, 0.25) is 0 Å². The van der Waals surface area contributed by atoms with Crippen molar-refractivity contribution >= 4 is 13.8 Å². The number of phosphoric ester groups is 1. The third-order valence-electron chi connectivity index (χ3n) is 10.1. The molecule has 376 valence electrons. The second kappa shape index (κ2) is 51.3. The molecule has 0 heterocycles. The van der Waals surface area contributed by atoms with E-state index in [-0.39, 0.29) is 13.0 Å². The lowest BCUT2D eigenvalue weighted by molar-refractivity contribution is -0.154. The summed E-state index contributed by atoms with van der Waals surface area (Å²) in [5.74, 6) is -0.414. The van der Waals surface area contributed by atoms with Crippen LogP contribution >= 0.6 is 7.82 Å². The molecular formula is C56H93O9P. The summed E-state index contributed by atoms with van der Waals surface area (Å²) < 4.78 is 33.5. The van der Waals surface area contributed by atoms with Crippen molar-refractivity contribution in [2.45, 2.75) is 193 Å². The molecule has 66 heavy (non-hydrogen) atoms. The van der Waals surface area contributed by atoms with Crippen LogP contribution in [0.4, 0.5) is 0 Å². The van der Waals surface area contributed by atoms with E-state index in [1.54, 1.807) is 0 Å². The molecule has 0 radical (unpaired) electrons. The van der Waals surface area contributed by atoms with Crippen LogP contribution in [0.5, 0.6) is 0 Å². The topological polar surface area (TPSA) is 132 Å². The fraction of sp³-hybridized carbons (Fsp3) is 0.625. The molecule has 0 spiro atoms. The quantitative estimate of drug-likeness (QED) is 0.0236. The molecular weight excluding hydrogens is 848 g/mol. The van der Waals surface area contributed by atoms with Crippen LogP contribution in [0.1, 0.15) is 181 Å². The van der Waals surface area contributed by atoms with Crippen molar-refractivity contribution in [3.63, 3.8) is 0 Å². The van der Waals surface area contributed by atoms with E-state index in [9.17, 15) is 19.4 Å². The maximum atomic E-state index is 12.7. The van der Waals surface area contributed by atoms with Gasteiger partial charge in [-0.1, -0.05) is 193 Å². The van der Waals surface area contributed by atoms with Crippen molar-refractivity contribution in [2.75, 3.05) is 33.0 Å². The third-order valence-corrected chi connectivity index (χ3v) is 11.1. The van der Waals surface area contributed by atoms with Crippen LogP contribution in [-0.2, 0) is 27.9 Å². The van der Waals surface area contributed by atoms with Crippen LogP contribution in [-0.4, -0.2) is 66.3 Å². The van der Waals surface area contributed by atoms with E-state index < -0.39 is 45.8 Å². The summed E-state index contributed by atoms with van der Waals surface area (Å²) in [5.41, 5.74) is 0. The summed E-state index contributed by atoms with van der Waals surface area (Å²) in [6.45, 7) is 3.22. The van der Waals surface area contributed by atoms with Crippen molar-refractivity contribution in [1.29, 1.82) is 0 Å². The van der Waals surface area contributed by atoms with Crippen molar-refractivity contribution in [3.05, 3.63) is 122 Å². The standard InChI is InChI=1S/C56H93O9P/c1-3-5-7-9-11-13-15-17-19-21-23-25-27-28-30-32-34-36-38-40-42-44-46-48-56(59)65-55(53-64-66(60,61)63-51-54(58)50-57)52-62-49-47-45-43-41-39-37-35-33-31-29-26-24-22-20-18-16-14-12-10-8-6-4-2/h5-8,11-14,17-20,23-26,28,30,34,36,54-55,57-58H,3-4,9-10,15-16,21-22,27,29,31-33,35,37-53H2,1-2H3,(H,60,61)/b7-5-,8-6-,13-11-,14-12-,19-17-,20-18-,25-23-,26-24-,30-28-,36-34-. The number of hydrogen-bond donors (Lipinski definition) is 3. The minimum atomic E-state index is -4.54. The molecule has 0 amide bonds. The number of hydrogen-bond acceptors (Lipinski definition) is 8. The van der Waals surface area contributed by atoms with Gasteiger partial charge in [0.25, 0.3) is 0 Å². The summed E-state index contributed by atoms with van der Waals surface area (Å²) >= 11 is 0. The Morgan fingerprint density at radius 2 is 0.818 bits per heavy atom. The Hall–Kier alpha value is -3.14. The summed E-state index contributed by atoms with van der Waals surface area (Å²) in [6.07, 6.45) is 68.7. The number of allylic oxidation sites excluding steroid dienone is 20. The highest BCUT2D eigenvalue weighted by molar-refractivity contribution is 7.47. The van der Waals surface area contributed by atoms with Crippen molar-refractivity contribution in [2.24, 2.45) is 0 Å². The first kappa shape index (κ1) is 62.9. The van der Waals surface area contributed by atoms with E-state index in [1.165, 1.54) is 38.5 Å². The van der Waals surface area contributed by atoms with Crippen LogP contribution < -0.4 is 0 Å². The SMILES string of the molecule is CC/C=C\C/C=C\C/C=C\C/C=C\C/C=C\C/C=C\CCCCCCC(=O)OC(COCCCCCCCCCCC/C=C\C/C=C\C/C=C\C/C=C\CC)COP(=O)(O)OCC(O)CO. The number of rotatable bonds is 47. The number of carbonyl (C=O) groups excluding carboxylic acids is 1. The molecule has 0 rings (SSSR count). The minimum absolute atomic E-state index is 0.0257. The van der Waals surface area contributed by atoms with Crippen LogP contribution in [0.25, 0.3) is 0 Å². The van der Waals surface area contributed by atoms with E-state index in [0.29, 0.717) is 13.0 Å². The second-order valence-electron chi connectivity index (χ2n) is 16.4. The highest BCUT2D eigenvalue weighted by Gasteiger charge is 2.26. The predicted molar refractivity (Wildman–Crippen MR) is 278 cm³/mol. The number of phosphoric acid groups is 1.